The molecule has 230 valence electrons. The summed E-state index contributed by atoms with van der Waals surface area (Å²) in [5, 5.41) is 1.83. The smallest absolute Gasteiger partial charge is 0.497 e. The number of nitrogens with zero attached hydrogens (tertiary/aromatic N) is 3. The highest BCUT2D eigenvalue weighted by Crippen LogP contribution is 2.37. The van der Waals surface area contributed by atoms with Gasteiger partial charge in [0.05, 0.1) is 7.11 Å². The van der Waals surface area contributed by atoms with E-state index in [0.29, 0.717) is 13.0 Å². The third-order valence-electron chi connectivity index (χ3n) is 8.05. The average molecular weight is 615 g/mol. The Kier molecular flexibility index (Phi) is 9.86. The first-order valence-electron chi connectivity index (χ1n) is 14.7. The molecule has 0 saturated carbocycles. The van der Waals surface area contributed by atoms with Crippen LogP contribution in [0.4, 0.5) is 13.2 Å². The van der Waals surface area contributed by atoms with Crippen LogP contribution < -0.4 is 15.2 Å². The van der Waals surface area contributed by atoms with E-state index in [1.807, 2.05) is 25.1 Å². The molecule has 0 amide bonds. The second kappa shape index (κ2) is 13.6. The number of alkyl halides is 3. The number of aromatic nitrogens is 1. The van der Waals surface area contributed by atoms with Gasteiger partial charge in [-0.1, -0.05) is 30.7 Å². The Labute approximate surface area is 255 Å². The Bertz CT molecular complexity index is 1550. The maximum atomic E-state index is 12.9. The van der Waals surface area contributed by atoms with Crippen molar-refractivity contribution >= 4 is 22.5 Å². The molecule has 2 heterocycles. The molecule has 6 nitrogen and oxygen atoms in total. The van der Waals surface area contributed by atoms with Crippen molar-refractivity contribution in [2.24, 2.45) is 5.73 Å². The van der Waals surface area contributed by atoms with E-state index in [-0.39, 0.29) is 5.75 Å². The van der Waals surface area contributed by atoms with Crippen LogP contribution in [0.5, 0.6) is 11.5 Å². The lowest BCUT2D eigenvalue weighted by atomic mass is 9.96. The molecule has 1 aliphatic heterocycles. The minimum atomic E-state index is -4.73. The number of rotatable bonds is 11. The van der Waals surface area contributed by atoms with Crippen molar-refractivity contribution in [3.8, 4) is 22.6 Å². The highest BCUT2D eigenvalue weighted by atomic mass is 35.5. The van der Waals surface area contributed by atoms with Crippen LogP contribution in [0.25, 0.3) is 22.0 Å². The van der Waals surface area contributed by atoms with E-state index < -0.39 is 6.36 Å². The fourth-order valence-corrected chi connectivity index (χ4v) is 6.01. The highest BCUT2D eigenvalue weighted by Gasteiger charge is 2.31. The molecule has 1 fully saturated rings. The zero-order valence-electron chi connectivity index (χ0n) is 24.6. The molecule has 0 unspecified atom stereocenters. The molecule has 1 saturated heterocycles. The van der Waals surface area contributed by atoms with Gasteiger partial charge in [-0.3, -0.25) is 9.80 Å². The Morgan fingerprint density at radius 2 is 1.56 bits per heavy atom. The number of aryl methyl sites for hydroxylation is 2. The summed E-state index contributed by atoms with van der Waals surface area (Å²) in [6.07, 6.45) is -1.22. The molecule has 0 bridgehead atoms. The minimum Gasteiger partial charge on any atom is -0.497 e. The molecule has 0 aliphatic carbocycles. The van der Waals surface area contributed by atoms with Crippen LogP contribution in [0, 0.1) is 0 Å². The van der Waals surface area contributed by atoms with E-state index in [0.717, 1.165) is 96.2 Å². The largest absolute Gasteiger partial charge is 0.573 e. The topological polar surface area (TPSA) is 55.9 Å². The average Bonchev–Trinajstić information content (AvgIpc) is 3.34. The second-order valence-corrected chi connectivity index (χ2v) is 11.4. The second-order valence-electron chi connectivity index (χ2n) is 11.0. The predicted octanol–water partition coefficient (Wildman–Crippen LogP) is 7.10. The van der Waals surface area contributed by atoms with Crippen LogP contribution in [0.2, 0.25) is 5.02 Å². The van der Waals surface area contributed by atoms with Gasteiger partial charge in [0.1, 0.15) is 11.5 Å². The summed E-state index contributed by atoms with van der Waals surface area (Å²) in [7, 11) is 1.66. The molecule has 0 radical (unpaired) electrons. The molecule has 2 N–H and O–H groups in total. The Morgan fingerprint density at radius 1 is 0.860 bits per heavy atom. The molecule has 5 rings (SSSR count). The molecule has 10 heteroatoms. The summed E-state index contributed by atoms with van der Waals surface area (Å²) in [5.74, 6) is 0.606. The lowest BCUT2D eigenvalue weighted by Gasteiger charge is -2.35. The zero-order valence-corrected chi connectivity index (χ0v) is 25.3. The van der Waals surface area contributed by atoms with Gasteiger partial charge in [0.25, 0.3) is 0 Å². The lowest BCUT2D eigenvalue weighted by molar-refractivity contribution is -0.274. The number of hydrogen-bond donors (Lipinski definition) is 1. The van der Waals surface area contributed by atoms with Gasteiger partial charge in [-0.25, -0.2) is 0 Å². The zero-order chi connectivity index (χ0) is 30.6. The van der Waals surface area contributed by atoms with Gasteiger partial charge in [-0.2, -0.15) is 0 Å². The number of benzene rings is 3. The highest BCUT2D eigenvalue weighted by molar-refractivity contribution is 6.31. The van der Waals surface area contributed by atoms with Crippen molar-refractivity contribution in [3.63, 3.8) is 0 Å². The number of hydrogen-bond acceptors (Lipinski definition) is 5. The van der Waals surface area contributed by atoms with Gasteiger partial charge in [0.15, 0.2) is 0 Å². The first-order valence-corrected chi connectivity index (χ1v) is 15.0. The maximum Gasteiger partial charge on any atom is 0.573 e. The van der Waals surface area contributed by atoms with Crippen molar-refractivity contribution in [1.82, 2.24) is 14.4 Å². The van der Waals surface area contributed by atoms with Crippen molar-refractivity contribution < 1.29 is 22.6 Å². The Balaban J connectivity index is 1.35. The lowest BCUT2D eigenvalue weighted by Crippen LogP contribution is -2.45. The van der Waals surface area contributed by atoms with Gasteiger partial charge in [-0.15, -0.1) is 13.2 Å². The predicted molar refractivity (Wildman–Crippen MR) is 166 cm³/mol. The summed E-state index contributed by atoms with van der Waals surface area (Å²) in [5.41, 5.74) is 11.9. The van der Waals surface area contributed by atoms with Gasteiger partial charge >= 0.3 is 6.36 Å². The van der Waals surface area contributed by atoms with E-state index in [2.05, 4.69) is 43.5 Å². The summed E-state index contributed by atoms with van der Waals surface area (Å²) in [6, 6.07) is 16.9. The molecule has 3 aromatic carbocycles. The SMILES string of the molecule is CCc1cc(OC(F)(F)F)ccc1-c1cn(CCCN)c2ccc(CN3CCN(Cc4cc(OC)ccc4Cl)CC3)cc12. The molecular formula is C33H38ClF3N4O2. The van der Waals surface area contributed by atoms with Crippen LogP contribution in [0.1, 0.15) is 30.0 Å². The number of methoxy groups -OCH3 is 1. The van der Waals surface area contributed by atoms with Gasteiger partial charge in [0, 0.05) is 73.5 Å². The molecular weight excluding hydrogens is 577 g/mol. The van der Waals surface area contributed by atoms with Gasteiger partial charge < -0.3 is 19.8 Å². The van der Waals surface area contributed by atoms with Crippen molar-refractivity contribution in [3.05, 3.63) is 82.5 Å². The summed E-state index contributed by atoms with van der Waals surface area (Å²) in [6.45, 7) is 8.62. The van der Waals surface area contributed by atoms with E-state index in [1.54, 1.807) is 13.2 Å². The fraction of sp³-hybridized carbons (Fsp3) is 0.394. The molecule has 0 spiro atoms. The summed E-state index contributed by atoms with van der Waals surface area (Å²) in [4.78, 5) is 4.87. The third kappa shape index (κ3) is 7.65. The Hall–Kier alpha value is -3.24. The van der Waals surface area contributed by atoms with Gasteiger partial charge in [0.2, 0.25) is 0 Å². The van der Waals surface area contributed by atoms with Crippen LogP contribution >= 0.6 is 11.6 Å². The quantitative estimate of drug-likeness (QED) is 0.195. The van der Waals surface area contributed by atoms with E-state index in [4.69, 9.17) is 22.1 Å². The third-order valence-corrected chi connectivity index (χ3v) is 8.42. The van der Waals surface area contributed by atoms with Crippen LogP contribution in [0.3, 0.4) is 0 Å². The van der Waals surface area contributed by atoms with Crippen molar-refractivity contribution in [2.45, 2.75) is 45.8 Å². The van der Waals surface area contributed by atoms with E-state index >= 15 is 0 Å². The number of ether oxygens (including phenoxy) is 2. The maximum absolute atomic E-state index is 12.9. The number of halogens is 4. The first-order chi connectivity index (χ1) is 20.7. The number of nitrogens with two attached hydrogens (primary N) is 1. The minimum absolute atomic E-state index is 0.200. The van der Waals surface area contributed by atoms with Gasteiger partial charge in [-0.05, 0) is 84.1 Å². The molecule has 43 heavy (non-hydrogen) atoms. The standard InChI is InChI=1S/C33H38ClF3N4O2/c1-3-24-18-27(43-33(35,36)37)6-8-28(24)30-22-41(12-4-11-38)32-10-5-23(17-29(30)32)20-39-13-15-40(16-14-39)21-25-19-26(42-2)7-9-31(25)34/h5-10,17-19,22H,3-4,11-16,20-21,38H2,1-2H3. The van der Waals surface area contributed by atoms with Crippen LogP contribution in [0.15, 0.2) is 60.8 Å². The van der Waals surface area contributed by atoms with E-state index in [1.165, 1.54) is 17.7 Å². The monoisotopic (exact) mass is 614 g/mol. The van der Waals surface area contributed by atoms with E-state index in [9.17, 15) is 13.2 Å². The molecule has 4 aromatic rings. The molecule has 1 aromatic heterocycles. The Morgan fingerprint density at radius 3 is 2.23 bits per heavy atom. The summed E-state index contributed by atoms with van der Waals surface area (Å²) >= 11 is 6.44. The first kappa shape index (κ1) is 31.2. The van der Waals surface area contributed by atoms with Crippen molar-refractivity contribution in [2.75, 3.05) is 39.8 Å². The van der Waals surface area contributed by atoms with Crippen LogP contribution in [-0.4, -0.2) is 60.6 Å². The fourth-order valence-electron chi connectivity index (χ4n) is 5.83. The molecule has 0 atom stereocenters. The normalized spacial score (nSPS) is 14.9. The van der Waals surface area contributed by atoms with Crippen molar-refractivity contribution in [1.29, 1.82) is 0 Å². The number of piperazine rings is 1. The number of fused-ring (bicyclic) bond motifs is 1. The van der Waals surface area contributed by atoms with Crippen LogP contribution in [-0.2, 0) is 26.1 Å². The molecule has 1 aliphatic rings. The summed E-state index contributed by atoms with van der Waals surface area (Å²) < 4.78 is 50.4.